The molecule has 0 saturated heterocycles. The van der Waals surface area contributed by atoms with Crippen LogP contribution in [0, 0.1) is 10.8 Å². The van der Waals surface area contributed by atoms with Crippen molar-refractivity contribution in [3.8, 4) is 0 Å². The van der Waals surface area contributed by atoms with E-state index in [0.717, 1.165) is 51.4 Å². The number of allylic oxidation sites excluding steroid dienone is 10. The third kappa shape index (κ3) is 5.72. The molecule has 0 aromatic heterocycles. The van der Waals surface area contributed by atoms with Crippen LogP contribution in [0.15, 0.2) is 70.6 Å². The highest BCUT2D eigenvalue weighted by molar-refractivity contribution is 7.99. The highest BCUT2D eigenvalue weighted by Gasteiger charge is 2.31. The first-order valence-electron chi connectivity index (χ1n) is 11.3. The third-order valence-corrected chi connectivity index (χ3v) is 8.12. The molecule has 2 aliphatic rings. The predicted octanol–water partition coefficient (Wildman–Crippen LogP) is 7.59. The molecule has 0 aromatic carbocycles. The molecule has 2 rings (SSSR count). The smallest absolute Gasteiger partial charge is 0.205 e. The van der Waals surface area contributed by atoms with Gasteiger partial charge in [-0.15, -0.1) is 0 Å². The van der Waals surface area contributed by atoms with Crippen LogP contribution >= 0.6 is 0 Å². The van der Waals surface area contributed by atoms with Gasteiger partial charge in [0, 0.05) is 10.8 Å². The fourth-order valence-electron chi connectivity index (χ4n) is 3.86. The zero-order valence-corrected chi connectivity index (χ0v) is 19.5. The van der Waals surface area contributed by atoms with E-state index in [4.69, 9.17) is 0 Å². The summed E-state index contributed by atoms with van der Waals surface area (Å²) in [6, 6.07) is 0. The van der Waals surface area contributed by atoms with Crippen molar-refractivity contribution >= 4 is 9.84 Å². The Morgan fingerprint density at radius 2 is 1.21 bits per heavy atom. The number of hydrogen-bond donors (Lipinski definition) is 0. The highest BCUT2D eigenvalue weighted by Crippen LogP contribution is 2.40. The fraction of sp³-hybridized carbons (Fsp3) is 0.538. The van der Waals surface area contributed by atoms with E-state index in [0.29, 0.717) is 9.81 Å². The Bertz CT molecular complexity index is 772. The minimum absolute atomic E-state index is 0.0492. The van der Waals surface area contributed by atoms with Crippen LogP contribution in [0.25, 0.3) is 0 Å². The molecule has 2 unspecified atom stereocenters. The van der Waals surface area contributed by atoms with Crippen LogP contribution < -0.4 is 0 Å². The molecule has 0 bridgehead atoms. The van der Waals surface area contributed by atoms with Gasteiger partial charge in [-0.05, 0) is 50.7 Å². The normalized spacial score (nSPS) is 27.6. The summed E-state index contributed by atoms with van der Waals surface area (Å²) in [5.74, 6) is 0. The van der Waals surface area contributed by atoms with Crippen molar-refractivity contribution in [2.45, 2.75) is 79.1 Å². The van der Waals surface area contributed by atoms with Gasteiger partial charge in [-0.1, -0.05) is 89.1 Å². The predicted molar refractivity (Wildman–Crippen MR) is 126 cm³/mol. The maximum atomic E-state index is 13.2. The molecule has 160 valence electrons. The van der Waals surface area contributed by atoms with Gasteiger partial charge >= 0.3 is 0 Å². The molecule has 0 spiro atoms. The van der Waals surface area contributed by atoms with Crippen molar-refractivity contribution in [3.05, 3.63) is 70.6 Å². The second-order valence-electron chi connectivity index (χ2n) is 8.35. The Morgan fingerprint density at radius 1 is 0.793 bits per heavy atom. The second kappa shape index (κ2) is 10.4. The lowest BCUT2D eigenvalue weighted by molar-refractivity contribution is 0.472. The van der Waals surface area contributed by atoms with E-state index >= 15 is 0 Å². The SMILES string of the molecule is CCCC=CC1(CC)C=CC(S(=O)(=O)C2=CCC(C=CCCC)(CC)C=C2)=CC1. The van der Waals surface area contributed by atoms with Crippen molar-refractivity contribution in [2.75, 3.05) is 0 Å². The van der Waals surface area contributed by atoms with Gasteiger partial charge in [0.25, 0.3) is 0 Å². The zero-order chi connectivity index (χ0) is 21.4. The first-order chi connectivity index (χ1) is 13.9. The maximum absolute atomic E-state index is 13.2. The Kier molecular flexibility index (Phi) is 8.51. The molecule has 2 nitrogen and oxygen atoms in total. The lowest BCUT2D eigenvalue weighted by atomic mass is 9.78. The van der Waals surface area contributed by atoms with Gasteiger partial charge in [0.1, 0.15) is 0 Å². The second-order valence-corrected chi connectivity index (χ2v) is 10.3. The lowest BCUT2D eigenvalue weighted by Crippen LogP contribution is -2.20. The largest absolute Gasteiger partial charge is 0.219 e. The van der Waals surface area contributed by atoms with Crippen molar-refractivity contribution in [1.82, 2.24) is 0 Å². The summed E-state index contributed by atoms with van der Waals surface area (Å²) in [5, 5.41) is 0. The standard InChI is InChI=1S/C26H38O2S/c1-5-9-11-17-25(7-3)19-13-23(14-20-25)29(27,28)24-15-21-26(8-4,22-16-24)18-12-10-6-2/h11-19,21H,5-10,20,22H2,1-4H3. The van der Waals surface area contributed by atoms with Crippen LogP contribution in [0.3, 0.4) is 0 Å². The van der Waals surface area contributed by atoms with Crippen LogP contribution in [-0.2, 0) is 9.84 Å². The van der Waals surface area contributed by atoms with Crippen LogP contribution in [0.5, 0.6) is 0 Å². The number of rotatable bonds is 10. The number of unbranched alkanes of at least 4 members (excludes halogenated alkanes) is 2. The molecule has 29 heavy (non-hydrogen) atoms. The molecule has 0 radical (unpaired) electrons. The number of sulfone groups is 1. The molecular formula is C26H38O2S. The van der Waals surface area contributed by atoms with E-state index in [1.807, 2.05) is 24.3 Å². The quantitative estimate of drug-likeness (QED) is 0.345. The molecule has 0 amide bonds. The van der Waals surface area contributed by atoms with E-state index in [2.05, 4.69) is 64.2 Å². The minimum atomic E-state index is -3.45. The Hall–Kier alpha value is -1.61. The van der Waals surface area contributed by atoms with Crippen LogP contribution in [-0.4, -0.2) is 8.42 Å². The van der Waals surface area contributed by atoms with Crippen molar-refractivity contribution in [3.63, 3.8) is 0 Å². The van der Waals surface area contributed by atoms with Gasteiger partial charge in [-0.3, -0.25) is 0 Å². The maximum Gasteiger partial charge on any atom is 0.205 e. The van der Waals surface area contributed by atoms with Gasteiger partial charge in [0.15, 0.2) is 0 Å². The van der Waals surface area contributed by atoms with Crippen molar-refractivity contribution in [2.24, 2.45) is 10.8 Å². The Labute approximate surface area is 178 Å². The van der Waals surface area contributed by atoms with Crippen LogP contribution in [0.2, 0.25) is 0 Å². The highest BCUT2D eigenvalue weighted by atomic mass is 32.2. The van der Waals surface area contributed by atoms with Gasteiger partial charge in [-0.25, -0.2) is 8.42 Å². The Morgan fingerprint density at radius 3 is 1.48 bits per heavy atom. The molecular weight excluding hydrogens is 376 g/mol. The van der Waals surface area contributed by atoms with Crippen LogP contribution in [0.1, 0.15) is 79.1 Å². The first kappa shape index (κ1) is 23.7. The first-order valence-corrected chi connectivity index (χ1v) is 12.7. The minimum Gasteiger partial charge on any atom is -0.219 e. The summed E-state index contributed by atoms with van der Waals surface area (Å²) < 4.78 is 26.4. The van der Waals surface area contributed by atoms with E-state index in [-0.39, 0.29) is 10.8 Å². The summed E-state index contributed by atoms with van der Waals surface area (Å²) in [7, 11) is -3.45. The van der Waals surface area contributed by atoms with Gasteiger partial charge in [0.2, 0.25) is 9.84 Å². The topological polar surface area (TPSA) is 34.1 Å². The van der Waals surface area contributed by atoms with Crippen LogP contribution in [0.4, 0.5) is 0 Å². The molecule has 2 atom stereocenters. The van der Waals surface area contributed by atoms with Gasteiger partial charge < -0.3 is 0 Å². The van der Waals surface area contributed by atoms with E-state index < -0.39 is 9.84 Å². The summed E-state index contributed by atoms with van der Waals surface area (Å²) >= 11 is 0. The molecule has 0 aliphatic heterocycles. The summed E-state index contributed by atoms with van der Waals surface area (Å²) in [6.07, 6.45) is 28.4. The molecule has 3 heteroatoms. The van der Waals surface area contributed by atoms with Crippen molar-refractivity contribution < 1.29 is 8.42 Å². The Balaban J connectivity index is 2.17. The monoisotopic (exact) mass is 414 g/mol. The molecule has 0 heterocycles. The van der Waals surface area contributed by atoms with Gasteiger partial charge in [-0.2, -0.15) is 0 Å². The van der Waals surface area contributed by atoms with E-state index in [9.17, 15) is 8.42 Å². The average molecular weight is 415 g/mol. The van der Waals surface area contributed by atoms with Crippen molar-refractivity contribution in [1.29, 1.82) is 0 Å². The molecule has 0 N–H and O–H groups in total. The molecule has 0 fully saturated rings. The third-order valence-electron chi connectivity index (χ3n) is 6.27. The van der Waals surface area contributed by atoms with E-state index in [1.54, 1.807) is 0 Å². The molecule has 2 aliphatic carbocycles. The lowest BCUT2D eigenvalue weighted by Gasteiger charge is -2.29. The van der Waals surface area contributed by atoms with E-state index in [1.165, 1.54) is 0 Å². The number of hydrogen-bond acceptors (Lipinski definition) is 2. The summed E-state index contributed by atoms with van der Waals surface area (Å²) in [5.41, 5.74) is -0.0984. The summed E-state index contributed by atoms with van der Waals surface area (Å²) in [4.78, 5) is 0.874. The van der Waals surface area contributed by atoms with Gasteiger partial charge in [0.05, 0.1) is 9.81 Å². The zero-order valence-electron chi connectivity index (χ0n) is 18.7. The summed E-state index contributed by atoms with van der Waals surface area (Å²) in [6.45, 7) is 8.67. The molecule has 0 aromatic rings. The average Bonchev–Trinajstić information content (AvgIpc) is 2.75. The molecule has 0 saturated carbocycles. The fourth-order valence-corrected chi connectivity index (χ4v) is 5.23.